The minimum atomic E-state index is -0.306. The minimum absolute atomic E-state index is 0.0343. The molecule has 0 atom stereocenters. The molecule has 0 saturated carbocycles. The van der Waals surface area contributed by atoms with E-state index in [4.69, 9.17) is 5.26 Å². The van der Waals surface area contributed by atoms with Crippen molar-refractivity contribution >= 4 is 11.4 Å². The summed E-state index contributed by atoms with van der Waals surface area (Å²) in [6.07, 6.45) is 8.00. The third-order valence-corrected chi connectivity index (χ3v) is 3.98. The van der Waals surface area contributed by atoms with Crippen molar-refractivity contribution in [3.05, 3.63) is 30.4 Å². The molecule has 0 aliphatic carbocycles. The van der Waals surface area contributed by atoms with Crippen LogP contribution in [0.2, 0.25) is 0 Å². The maximum atomic E-state index is 12.5. The van der Waals surface area contributed by atoms with E-state index in [2.05, 4.69) is 16.2 Å². The first-order valence-corrected chi connectivity index (χ1v) is 6.61. The minimum Gasteiger partial charge on any atom is -0.338 e. The van der Waals surface area contributed by atoms with Crippen molar-refractivity contribution in [2.24, 2.45) is 5.41 Å². The lowest BCUT2D eigenvalue weighted by atomic mass is 9.82. The number of likely N-dealkylation sites (tertiary alicyclic amines) is 1. The summed E-state index contributed by atoms with van der Waals surface area (Å²) in [5, 5.41) is 13.3. The predicted molar refractivity (Wildman–Crippen MR) is 71.8 cm³/mol. The van der Waals surface area contributed by atoms with Crippen LogP contribution in [0.3, 0.4) is 0 Å². The molecule has 2 aromatic heterocycles. The normalized spacial score (nSPS) is 17.9. The topological polar surface area (TPSA) is 74.3 Å². The Morgan fingerprint density at radius 1 is 1.40 bits per heavy atom. The number of aromatic nitrogens is 3. The van der Waals surface area contributed by atoms with Crippen LogP contribution in [0.1, 0.15) is 30.1 Å². The van der Waals surface area contributed by atoms with Crippen molar-refractivity contribution in [1.82, 2.24) is 19.5 Å². The summed E-state index contributed by atoms with van der Waals surface area (Å²) in [5.41, 5.74) is 0.976. The molecule has 6 nitrogen and oxygen atoms in total. The Morgan fingerprint density at radius 2 is 2.15 bits per heavy atom. The van der Waals surface area contributed by atoms with Gasteiger partial charge in [0.2, 0.25) is 0 Å². The fraction of sp³-hybridized carbons (Fsp3) is 0.429. The summed E-state index contributed by atoms with van der Waals surface area (Å²) < 4.78 is 1.64. The van der Waals surface area contributed by atoms with Crippen molar-refractivity contribution in [2.75, 3.05) is 13.1 Å². The Morgan fingerprint density at radius 3 is 2.85 bits per heavy atom. The molecule has 1 saturated heterocycles. The van der Waals surface area contributed by atoms with Gasteiger partial charge in [0.25, 0.3) is 5.91 Å². The van der Waals surface area contributed by atoms with Crippen LogP contribution in [0, 0.1) is 16.7 Å². The maximum absolute atomic E-state index is 12.5. The fourth-order valence-corrected chi connectivity index (χ4v) is 2.48. The highest BCUT2D eigenvalue weighted by Gasteiger charge is 2.32. The molecule has 0 N–H and O–H groups in total. The van der Waals surface area contributed by atoms with E-state index in [9.17, 15) is 4.79 Å². The number of nitriles is 1. The number of hydrogen-bond acceptors (Lipinski definition) is 4. The zero-order chi connectivity index (χ0) is 14.2. The smallest absolute Gasteiger partial charge is 0.257 e. The number of amides is 1. The van der Waals surface area contributed by atoms with Gasteiger partial charge in [-0.1, -0.05) is 0 Å². The SMILES string of the molecule is CC1(C#N)CCN(C(=O)c2cnn3ccncc23)CC1. The summed E-state index contributed by atoms with van der Waals surface area (Å²) >= 11 is 0. The average molecular weight is 269 g/mol. The van der Waals surface area contributed by atoms with Crippen LogP contribution in [-0.4, -0.2) is 38.5 Å². The Bertz CT molecular complexity index is 691. The van der Waals surface area contributed by atoms with Gasteiger partial charge in [-0.15, -0.1) is 0 Å². The molecule has 2 aromatic rings. The number of rotatable bonds is 1. The molecule has 1 aliphatic heterocycles. The van der Waals surface area contributed by atoms with Crippen LogP contribution in [0.4, 0.5) is 0 Å². The van der Waals surface area contributed by atoms with Crippen LogP contribution >= 0.6 is 0 Å². The van der Waals surface area contributed by atoms with E-state index in [1.165, 1.54) is 0 Å². The van der Waals surface area contributed by atoms with E-state index >= 15 is 0 Å². The van der Waals surface area contributed by atoms with Crippen LogP contribution in [-0.2, 0) is 0 Å². The lowest BCUT2D eigenvalue weighted by Crippen LogP contribution is -2.41. The monoisotopic (exact) mass is 269 g/mol. The Balaban J connectivity index is 1.82. The number of carbonyl (C=O) groups excluding carboxylic acids is 1. The van der Waals surface area contributed by atoms with Crippen molar-refractivity contribution in [3.63, 3.8) is 0 Å². The summed E-state index contributed by atoms with van der Waals surface area (Å²) in [6, 6.07) is 2.34. The molecular weight excluding hydrogens is 254 g/mol. The summed E-state index contributed by atoms with van der Waals surface area (Å²) in [7, 11) is 0. The first-order chi connectivity index (χ1) is 9.63. The highest BCUT2D eigenvalue weighted by Crippen LogP contribution is 2.30. The van der Waals surface area contributed by atoms with Gasteiger partial charge in [-0.3, -0.25) is 9.78 Å². The van der Waals surface area contributed by atoms with E-state index in [1.54, 1.807) is 34.2 Å². The second-order valence-electron chi connectivity index (χ2n) is 5.43. The third kappa shape index (κ3) is 2.01. The largest absolute Gasteiger partial charge is 0.338 e. The molecule has 1 aliphatic rings. The van der Waals surface area contributed by atoms with Crippen LogP contribution < -0.4 is 0 Å². The van der Waals surface area contributed by atoms with E-state index in [1.807, 2.05) is 6.92 Å². The lowest BCUT2D eigenvalue weighted by Gasteiger charge is -2.34. The van der Waals surface area contributed by atoms with Gasteiger partial charge < -0.3 is 4.90 Å². The predicted octanol–water partition coefficient (Wildman–Crippen LogP) is 1.50. The maximum Gasteiger partial charge on any atom is 0.257 e. The van der Waals surface area contributed by atoms with Crippen LogP contribution in [0.15, 0.2) is 24.8 Å². The molecular formula is C14H15N5O. The van der Waals surface area contributed by atoms with Crippen LogP contribution in [0.5, 0.6) is 0 Å². The lowest BCUT2D eigenvalue weighted by molar-refractivity contribution is 0.0663. The molecule has 3 heterocycles. The Hall–Kier alpha value is -2.42. The second-order valence-corrected chi connectivity index (χ2v) is 5.43. The Kier molecular flexibility index (Phi) is 2.90. The van der Waals surface area contributed by atoms with Crippen molar-refractivity contribution < 1.29 is 4.79 Å². The van der Waals surface area contributed by atoms with Gasteiger partial charge in [0.05, 0.1) is 35.0 Å². The van der Waals surface area contributed by atoms with E-state index < -0.39 is 0 Å². The highest BCUT2D eigenvalue weighted by atomic mass is 16.2. The highest BCUT2D eigenvalue weighted by molar-refractivity contribution is 6.00. The number of carbonyl (C=O) groups is 1. The molecule has 102 valence electrons. The van der Waals surface area contributed by atoms with Gasteiger partial charge in [0.15, 0.2) is 0 Å². The fourth-order valence-electron chi connectivity index (χ4n) is 2.48. The summed E-state index contributed by atoms with van der Waals surface area (Å²) in [5.74, 6) is -0.0343. The molecule has 20 heavy (non-hydrogen) atoms. The zero-order valence-electron chi connectivity index (χ0n) is 11.3. The summed E-state index contributed by atoms with van der Waals surface area (Å²) in [6.45, 7) is 3.18. The molecule has 0 spiro atoms. The van der Waals surface area contributed by atoms with Crippen molar-refractivity contribution in [1.29, 1.82) is 5.26 Å². The molecule has 0 unspecified atom stereocenters. The van der Waals surface area contributed by atoms with Gasteiger partial charge >= 0.3 is 0 Å². The molecule has 6 heteroatoms. The molecule has 3 rings (SSSR count). The quantitative estimate of drug-likeness (QED) is 0.786. The van der Waals surface area contributed by atoms with Gasteiger partial charge in [0, 0.05) is 25.5 Å². The molecule has 0 aromatic carbocycles. The number of fused-ring (bicyclic) bond motifs is 1. The third-order valence-electron chi connectivity index (χ3n) is 3.98. The van der Waals surface area contributed by atoms with Crippen LogP contribution in [0.25, 0.3) is 5.52 Å². The second kappa shape index (κ2) is 4.60. The van der Waals surface area contributed by atoms with Gasteiger partial charge in [-0.05, 0) is 19.8 Å². The van der Waals surface area contributed by atoms with Gasteiger partial charge in [-0.2, -0.15) is 10.4 Å². The zero-order valence-corrected chi connectivity index (χ0v) is 11.3. The molecule has 0 bridgehead atoms. The molecule has 1 fully saturated rings. The van der Waals surface area contributed by atoms with E-state index in [0.717, 1.165) is 0 Å². The number of hydrogen-bond donors (Lipinski definition) is 0. The average Bonchev–Trinajstić information content (AvgIpc) is 2.91. The van der Waals surface area contributed by atoms with E-state index in [0.29, 0.717) is 37.0 Å². The molecule has 1 amide bonds. The Labute approximate surface area is 116 Å². The first-order valence-electron chi connectivity index (χ1n) is 6.61. The van der Waals surface area contributed by atoms with Gasteiger partial charge in [-0.25, -0.2) is 4.52 Å². The standard InChI is InChI=1S/C14H15N5O/c1-14(10-15)2-5-18(6-3-14)13(20)11-8-17-19-7-4-16-9-12(11)19/h4,7-9H,2-3,5-6H2,1H3. The number of piperidine rings is 1. The first kappa shape index (κ1) is 12.6. The molecule has 0 radical (unpaired) electrons. The number of nitrogens with zero attached hydrogens (tertiary/aromatic N) is 5. The van der Waals surface area contributed by atoms with Crippen molar-refractivity contribution in [2.45, 2.75) is 19.8 Å². The van der Waals surface area contributed by atoms with Crippen molar-refractivity contribution in [3.8, 4) is 6.07 Å². The van der Waals surface area contributed by atoms with E-state index in [-0.39, 0.29) is 11.3 Å². The summed E-state index contributed by atoms with van der Waals surface area (Å²) in [4.78, 5) is 18.4. The van der Waals surface area contributed by atoms with Gasteiger partial charge in [0.1, 0.15) is 0 Å².